The van der Waals surface area contributed by atoms with E-state index in [2.05, 4.69) is 0 Å². The average molecular weight is 233 g/mol. The third kappa shape index (κ3) is 1.52. The molecule has 2 rings (SSSR count). The van der Waals surface area contributed by atoms with Crippen LogP contribution in [0.5, 0.6) is 0 Å². The van der Waals surface area contributed by atoms with Gasteiger partial charge in [0, 0.05) is 10.0 Å². The summed E-state index contributed by atoms with van der Waals surface area (Å²) < 4.78 is 5.12. The van der Waals surface area contributed by atoms with Crippen molar-refractivity contribution >= 4 is 23.2 Å². The Labute approximate surface area is 92.4 Å². The van der Waals surface area contributed by atoms with Crippen molar-refractivity contribution in [3.8, 4) is 0 Å². The van der Waals surface area contributed by atoms with Gasteiger partial charge < -0.3 is 9.84 Å². The molecule has 1 aromatic rings. The highest BCUT2D eigenvalue weighted by atomic mass is 35.5. The third-order valence-corrected chi connectivity index (χ3v) is 3.11. The molecule has 1 aliphatic rings. The molecule has 0 saturated carbocycles. The Balaban J connectivity index is 2.40. The van der Waals surface area contributed by atoms with E-state index in [4.69, 9.17) is 27.9 Å². The Bertz CT molecular complexity index is 342. The van der Waals surface area contributed by atoms with Gasteiger partial charge in [-0.25, -0.2) is 0 Å². The van der Waals surface area contributed by atoms with Gasteiger partial charge in [-0.1, -0.05) is 29.3 Å². The van der Waals surface area contributed by atoms with Crippen molar-refractivity contribution in [2.24, 2.45) is 0 Å². The summed E-state index contributed by atoms with van der Waals surface area (Å²) in [5, 5.41) is 10.5. The Morgan fingerprint density at radius 1 is 1.36 bits per heavy atom. The van der Waals surface area contributed by atoms with Crippen LogP contribution in [0.4, 0.5) is 0 Å². The highest BCUT2D eigenvalue weighted by Gasteiger charge is 2.41. The number of aliphatic hydroxyl groups excluding tert-OH is 1. The van der Waals surface area contributed by atoms with Crippen molar-refractivity contribution < 1.29 is 9.84 Å². The molecule has 0 aromatic heterocycles. The van der Waals surface area contributed by atoms with Crippen LogP contribution in [0.25, 0.3) is 0 Å². The van der Waals surface area contributed by atoms with Crippen molar-refractivity contribution in [3.63, 3.8) is 0 Å². The lowest BCUT2D eigenvalue weighted by atomic mass is 9.79. The van der Waals surface area contributed by atoms with Crippen molar-refractivity contribution in [2.45, 2.75) is 5.41 Å². The van der Waals surface area contributed by atoms with E-state index in [0.29, 0.717) is 23.3 Å². The minimum atomic E-state index is -0.318. The van der Waals surface area contributed by atoms with Crippen LogP contribution in [0.15, 0.2) is 18.2 Å². The molecular weight excluding hydrogens is 223 g/mol. The monoisotopic (exact) mass is 232 g/mol. The van der Waals surface area contributed by atoms with E-state index < -0.39 is 0 Å². The number of halogens is 2. The zero-order valence-corrected chi connectivity index (χ0v) is 8.98. The quantitative estimate of drug-likeness (QED) is 0.848. The summed E-state index contributed by atoms with van der Waals surface area (Å²) in [6.07, 6.45) is 0. The van der Waals surface area contributed by atoms with Crippen LogP contribution in [-0.4, -0.2) is 24.9 Å². The SMILES string of the molecule is OCC1(c2ccc(Cl)cc2Cl)COC1. The van der Waals surface area contributed by atoms with E-state index in [0.717, 1.165) is 5.56 Å². The van der Waals surface area contributed by atoms with Gasteiger partial charge in [-0.3, -0.25) is 0 Å². The standard InChI is InChI=1S/C10H10Cl2O2/c11-7-1-2-8(9(12)3-7)10(4-13)5-14-6-10/h1-3,13H,4-6H2. The van der Waals surface area contributed by atoms with Crippen LogP contribution in [0.3, 0.4) is 0 Å². The summed E-state index contributed by atoms with van der Waals surface area (Å²) in [6.45, 7) is 1.09. The van der Waals surface area contributed by atoms with Crippen molar-refractivity contribution in [1.29, 1.82) is 0 Å². The van der Waals surface area contributed by atoms with Crippen LogP contribution in [0, 0.1) is 0 Å². The predicted molar refractivity (Wildman–Crippen MR) is 56.0 cm³/mol. The first-order valence-corrected chi connectivity index (χ1v) is 5.08. The van der Waals surface area contributed by atoms with Gasteiger partial charge in [0.1, 0.15) is 0 Å². The van der Waals surface area contributed by atoms with E-state index in [9.17, 15) is 5.11 Å². The van der Waals surface area contributed by atoms with Gasteiger partial charge in [0.25, 0.3) is 0 Å². The lowest BCUT2D eigenvalue weighted by Crippen LogP contribution is -2.49. The second-order valence-electron chi connectivity index (χ2n) is 3.56. The molecule has 1 saturated heterocycles. The average Bonchev–Trinajstić information content (AvgIpc) is 2.07. The molecule has 1 aliphatic heterocycles. The molecule has 1 fully saturated rings. The third-order valence-electron chi connectivity index (χ3n) is 2.56. The smallest absolute Gasteiger partial charge is 0.0665 e. The van der Waals surface area contributed by atoms with Crippen LogP contribution in [0.1, 0.15) is 5.56 Å². The molecule has 76 valence electrons. The number of benzene rings is 1. The maximum absolute atomic E-state index is 9.31. The second-order valence-corrected chi connectivity index (χ2v) is 4.40. The molecule has 0 amide bonds. The summed E-state index contributed by atoms with van der Waals surface area (Å²) in [5.74, 6) is 0. The maximum atomic E-state index is 9.31. The summed E-state index contributed by atoms with van der Waals surface area (Å²) in [7, 11) is 0. The van der Waals surface area contributed by atoms with Gasteiger partial charge >= 0.3 is 0 Å². The highest BCUT2D eigenvalue weighted by Crippen LogP contribution is 2.37. The molecule has 0 atom stereocenters. The van der Waals surface area contributed by atoms with Crippen LogP contribution >= 0.6 is 23.2 Å². The van der Waals surface area contributed by atoms with Gasteiger partial charge in [-0.15, -0.1) is 0 Å². The molecule has 1 heterocycles. The van der Waals surface area contributed by atoms with Gasteiger partial charge in [0.15, 0.2) is 0 Å². The highest BCUT2D eigenvalue weighted by molar-refractivity contribution is 6.35. The fourth-order valence-electron chi connectivity index (χ4n) is 1.60. The zero-order valence-electron chi connectivity index (χ0n) is 7.46. The molecule has 0 spiro atoms. The Morgan fingerprint density at radius 2 is 2.07 bits per heavy atom. The summed E-state index contributed by atoms with van der Waals surface area (Å²) in [5.41, 5.74) is 0.596. The first-order valence-electron chi connectivity index (χ1n) is 4.32. The number of hydrogen-bond donors (Lipinski definition) is 1. The first-order chi connectivity index (χ1) is 6.68. The normalized spacial score (nSPS) is 19.1. The minimum Gasteiger partial charge on any atom is -0.395 e. The molecule has 2 nitrogen and oxygen atoms in total. The minimum absolute atomic E-state index is 0.0500. The molecule has 4 heteroatoms. The number of aliphatic hydroxyl groups is 1. The first kappa shape index (κ1) is 10.2. The molecule has 14 heavy (non-hydrogen) atoms. The van der Waals surface area contributed by atoms with Crippen molar-refractivity contribution in [2.75, 3.05) is 19.8 Å². The Hall–Kier alpha value is -0.280. The lowest BCUT2D eigenvalue weighted by molar-refractivity contribution is -0.0841. The molecule has 0 radical (unpaired) electrons. The van der Waals surface area contributed by atoms with Crippen molar-refractivity contribution in [1.82, 2.24) is 0 Å². The Morgan fingerprint density at radius 3 is 2.50 bits per heavy atom. The lowest BCUT2D eigenvalue weighted by Gasteiger charge is -2.40. The van der Waals surface area contributed by atoms with Crippen molar-refractivity contribution in [3.05, 3.63) is 33.8 Å². The molecule has 0 aliphatic carbocycles. The van der Waals surface area contributed by atoms with E-state index in [-0.39, 0.29) is 12.0 Å². The topological polar surface area (TPSA) is 29.5 Å². The summed E-state index contributed by atoms with van der Waals surface area (Å²) >= 11 is 11.8. The van der Waals surface area contributed by atoms with E-state index in [1.807, 2.05) is 6.07 Å². The fraction of sp³-hybridized carbons (Fsp3) is 0.400. The number of ether oxygens (including phenoxy) is 1. The van der Waals surface area contributed by atoms with Crippen LogP contribution < -0.4 is 0 Å². The zero-order chi connectivity index (χ0) is 10.2. The molecular formula is C10H10Cl2O2. The summed E-state index contributed by atoms with van der Waals surface area (Å²) in [6, 6.07) is 5.32. The molecule has 1 N–H and O–H groups in total. The maximum Gasteiger partial charge on any atom is 0.0665 e. The molecule has 1 aromatic carbocycles. The van der Waals surface area contributed by atoms with Crippen LogP contribution in [-0.2, 0) is 10.2 Å². The largest absolute Gasteiger partial charge is 0.395 e. The van der Waals surface area contributed by atoms with E-state index >= 15 is 0 Å². The Kier molecular flexibility index (Phi) is 2.71. The van der Waals surface area contributed by atoms with Crippen LogP contribution in [0.2, 0.25) is 10.0 Å². The van der Waals surface area contributed by atoms with E-state index in [1.54, 1.807) is 12.1 Å². The number of rotatable bonds is 2. The fourth-order valence-corrected chi connectivity index (χ4v) is 2.21. The van der Waals surface area contributed by atoms with E-state index in [1.165, 1.54) is 0 Å². The van der Waals surface area contributed by atoms with Gasteiger partial charge in [-0.05, 0) is 17.7 Å². The second kappa shape index (κ2) is 3.70. The number of hydrogen-bond acceptors (Lipinski definition) is 2. The van der Waals surface area contributed by atoms with Gasteiger partial charge in [0.05, 0.1) is 25.2 Å². The molecule has 0 unspecified atom stereocenters. The van der Waals surface area contributed by atoms with Gasteiger partial charge in [-0.2, -0.15) is 0 Å². The molecule has 0 bridgehead atoms. The predicted octanol–water partition coefficient (Wildman–Crippen LogP) is 2.25. The van der Waals surface area contributed by atoms with Gasteiger partial charge in [0.2, 0.25) is 0 Å². The summed E-state index contributed by atoms with van der Waals surface area (Å²) in [4.78, 5) is 0.